The molecule has 0 aromatic heterocycles. The van der Waals surface area contributed by atoms with Crippen LogP contribution >= 0.6 is 0 Å². The number of rotatable bonds is 9. The highest BCUT2D eigenvalue weighted by Crippen LogP contribution is 2.19. The third-order valence-electron chi connectivity index (χ3n) is 3.04. The average Bonchev–Trinajstić information content (AvgIpc) is 2.43. The molecule has 0 fully saturated rings. The molecule has 4 nitrogen and oxygen atoms in total. The van der Waals surface area contributed by atoms with Crippen molar-refractivity contribution in [2.75, 3.05) is 25.2 Å². The van der Waals surface area contributed by atoms with Gasteiger partial charge in [-0.2, -0.15) is 0 Å². The summed E-state index contributed by atoms with van der Waals surface area (Å²) in [5.41, 5.74) is 0.969. The van der Waals surface area contributed by atoms with Crippen LogP contribution in [0.15, 0.2) is 24.3 Å². The van der Waals surface area contributed by atoms with Crippen LogP contribution in [0.3, 0.4) is 0 Å². The van der Waals surface area contributed by atoms with Crippen LogP contribution in [-0.4, -0.2) is 33.6 Å². The summed E-state index contributed by atoms with van der Waals surface area (Å²) in [5.74, 6) is 1.19. The van der Waals surface area contributed by atoms with E-state index in [4.69, 9.17) is 4.74 Å². The maximum atomic E-state index is 11.9. The molecule has 114 valence electrons. The van der Waals surface area contributed by atoms with Gasteiger partial charge < -0.3 is 10.1 Å². The third-order valence-corrected chi connectivity index (χ3v) is 4.91. The van der Waals surface area contributed by atoms with E-state index in [1.54, 1.807) is 7.05 Å². The molecule has 1 aromatic rings. The summed E-state index contributed by atoms with van der Waals surface area (Å²) in [6.07, 6.45) is 1.62. The van der Waals surface area contributed by atoms with Crippen molar-refractivity contribution in [2.45, 2.75) is 32.7 Å². The molecule has 0 aliphatic carbocycles. The Kier molecular flexibility index (Phi) is 7.02. The summed E-state index contributed by atoms with van der Waals surface area (Å²) in [6.45, 7) is 4.63. The number of benzene rings is 1. The van der Waals surface area contributed by atoms with Gasteiger partial charge in [-0.05, 0) is 37.6 Å². The minimum atomic E-state index is -3.01. The van der Waals surface area contributed by atoms with Gasteiger partial charge in [0, 0.05) is 11.8 Å². The van der Waals surface area contributed by atoms with Crippen molar-refractivity contribution in [2.24, 2.45) is 0 Å². The first kappa shape index (κ1) is 17.0. The molecule has 1 atom stereocenters. The summed E-state index contributed by atoms with van der Waals surface area (Å²) in [5, 5.41) is 3.08. The van der Waals surface area contributed by atoms with Gasteiger partial charge >= 0.3 is 0 Å². The molecule has 0 spiro atoms. The lowest BCUT2D eigenvalue weighted by molar-refractivity contribution is 0.317. The Balaban J connectivity index is 2.75. The minimum absolute atomic E-state index is 0.131. The largest absolute Gasteiger partial charge is 0.494 e. The third kappa shape index (κ3) is 5.51. The lowest BCUT2D eigenvalue weighted by atomic mass is 10.1. The van der Waals surface area contributed by atoms with Crippen LogP contribution in [-0.2, 0) is 9.84 Å². The number of sulfone groups is 1. The molecule has 1 N–H and O–H groups in total. The van der Waals surface area contributed by atoms with Crippen LogP contribution < -0.4 is 10.1 Å². The summed E-state index contributed by atoms with van der Waals surface area (Å²) in [6, 6.07) is 7.46. The maximum Gasteiger partial charge on any atom is 0.152 e. The molecule has 0 saturated heterocycles. The zero-order chi connectivity index (χ0) is 15.0. The van der Waals surface area contributed by atoms with E-state index in [9.17, 15) is 8.42 Å². The molecule has 1 unspecified atom stereocenters. The van der Waals surface area contributed by atoms with Gasteiger partial charge in [0.05, 0.1) is 12.4 Å². The molecule has 0 saturated carbocycles. The standard InChI is InChI=1S/C15H25NO3S/c1-4-10-19-14-8-6-13(7-9-14)15(16-3)12-20(17,18)11-5-2/h6-9,15-16H,4-5,10-12H2,1-3H3. The summed E-state index contributed by atoms with van der Waals surface area (Å²) in [7, 11) is -1.22. The van der Waals surface area contributed by atoms with Gasteiger partial charge in [-0.15, -0.1) is 0 Å². The molecule has 5 heteroatoms. The van der Waals surface area contributed by atoms with Crippen molar-refractivity contribution >= 4 is 9.84 Å². The molecular formula is C15H25NO3S. The van der Waals surface area contributed by atoms with Crippen LogP contribution in [0.2, 0.25) is 0 Å². The predicted molar refractivity (Wildman–Crippen MR) is 83.0 cm³/mol. The summed E-state index contributed by atoms with van der Waals surface area (Å²) < 4.78 is 29.4. The number of hydrogen-bond acceptors (Lipinski definition) is 4. The molecule has 1 rings (SSSR count). The SMILES string of the molecule is CCCOc1ccc(C(CS(=O)(=O)CCC)NC)cc1. The number of ether oxygens (including phenoxy) is 1. The quantitative estimate of drug-likeness (QED) is 0.761. The normalized spacial score (nSPS) is 13.2. The van der Waals surface area contributed by atoms with Crippen molar-refractivity contribution in [1.82, 2.24) is 5.32 Å². The lowest BCUT2D eigenvalue weighted by Gasteiger charge is -2.17. The molecule has 0 heterocycles. The Hall–Kier alpha value is -1.07. The van der Waals surface area contributed by atoms with Crippen LogP contribution in [0.1, 0.15) is 38.3 Å². The fraction of sp³-hybridized carbons (Fsp3) is 0.600. The first-order valence-corrected chi connectivity index (χ1v) is 8.95. The second-order valence-electron chi connectivity index (χ2n) is 4.87. The van der Waals surface area contributed by atoms with E-state index in [0.29, 0.717) is 13.0 Å². The van der Waals surface area contributed by atoms with Crippen LogP contribution in [0.5, 0.6) is 5.75 Å². The Morgan fingerprint density at radius 1 is 1.15 bits per heavy atom. The molecule has 0 radical (unpaired) electrons. The first-order chi connectivity index (χ1) is 9.52. The maximum absolute atomic E-state index is 11.9. The van der Waals surface area contributed by atoms with E-state index in [2.05, 4.69) is 12.2 Å². The summed E-state index contributed by atoms with van der Waals surface area (Å²) in [4.78, 5) is 0. The van der Waals surface area contributed by atoms with E-state index >= 15 is 0 Å². The second-order valence-corrected chi connectivity index (χ2v) is 7.10. The smallest absolute Gasteiger partial charge is 0.152 e. The van der Waals surface area contributed by atoms with E-state index in [0.717, 1.165) is 17.7 Å². The van der Waals surface area contributed by atoms with E-state index in [1.807, 2.05) is 31.2 Å². The Labute approximate surface area is 122 Å². The highest BCUT2D eigenvalue weighted by Gasteiger charge is 2.18. The van der Waals surface area contributed by atoms with Crippen LogP contribution in [0.4, 0.5) is 0 Å². The predicted octanol–water partition coefficient (Wildman–Crippen LogP) is 2.56. The van der Waals surface area contributed by atoms with Gasteiger partial charge in [0.2, 0.25) is 0 Å². The van der Waals surface area contributed by atoms with Gasteiger partial charge in [-0.25, -0.2) is 8.42 Å². The van der Waals surface area contributed by atoms with Gasteiger partial charge in [0.25, 0.3) is 0 Å². The van der Waals surface area contributed by atoms with Gasteiger partial charge in [0.15, 0.2) is 9.84 Å². The molecule has 0 aliphatic rings. The van der Waals surface area contributed by atoms with E-state index < -0.39 is 9.84 Å². The van der Waals surface area contributed by atoms with Crippen LogP contribution in [0, 0.1) is 0 Å². The zero-order valence-electron chi connectivity index (χ0n) is 12.6. The summed E-state index contributed by atoms with van der Waals surface area (Å²) >= 11 is 0. The molecule has 1 aromatic carbocycles. The van der Waals surface area contributed by atoms with Crippen molar-refractivity contribution in [3.05, 3.63) is 29.8 Å². The second kappa shape index (κ2) is 8.27. The highest BCUT2D eigenvalue weighted by molar-refractivity contribution is 7.91. The molecule has 20 heavy (non-hydrogen) atoms. The van der Waals surface area contributed by atoms with Crippen LogP contribution in [0.25, 0.3) is 0 Å². The van der Waals surface area contributed by atoms with Crippen molar-refractivity contribution in [3.63, 3.8) is 0 Å². The Bertz CT molecular complexity index is 482. The molecular weight excluding hydrogens is 274 g/mol. The fourth-order valence-electron chi connectivity index (χ4n) is 2.01. The number of nitrogens with one attached hydrogen (secondary N) is 1. The zero-order valence-corrected chi connectivity index (χ0v) is 13.4. The highest BCUT2D eigenvalue weighted by atomic mass is 32.2. The van der Waals surface area contributed by atoms with Crippen molar-refractivity contribution < 1.29 is 13.2 Å². The van der Waals surface area contributed by atoms with Gasteiger partial charge in [0.1, 0.15) is 5.75 Å². The fourth-order valence-corrected chi connectivity index (χ4v) is 3.67. The Morgan fingerprint density at radius 3 is 2.30 bits per heavy atom. The molecule has 0 bridgehead atoms. The molecule has 0 amide bonds. The van der Waals surface area contributed by atoms with Crippen molar-refractivity contribution in [1.29, 1.82) is 0 Å². The number of hydrogen-bond donors (Lipinski definition) is 1. The van der Waals surface area contributed by atoms with E-state index in [-0.39, 0.29) is 17.5 Å². The molecule has 0 aliphatic heterocycles. The monoisotopic (exact) mass is 299 g/mol. The van der Waals surface area contributed by atoms with E-state index in [1.165, 1.54) is 0 Å². The van der Waals surface area contributed by atoms with Crippen molar-refractivity contribution in [3.8, 4) is 5.75 Å². The van der Waals surface area contributed by atoms with Gasteiger partial charge in [-0.3, -0.25) is 0 Å². The first-order valence-electron chi connectivity index (χ1n) is 7.12. The lowest BCUT2D eigenvalue weighted by Crippen LogP contribution is -2.26. The van der Waals surface area contributed by atoms with Gasteiger partial charge in [-0.1, -0.05) is 26.0 Å². The Morgan fingerprint density at radius 2 is 1.80 bits per heavy atom. The minimum Gasteiger partial charge on any atom is -0.494 e. The average molecular weight is 299 g/mol. The topological polar surface area (TPSA) is 55.4 Å².